The lowest BCUT2D eigenvalue weighted by atomic mass is 9.88. The highest BCUT2D eigenvalue weighted by Crippen LogP contribution is 2.48. The Balaban J connectivity index is 1.63. The molecule has 2 bridgehead atoms. The zero-order valence-corrected chi connectivity index (χ0v) is 10.6. The highest BCUT2D eigenvalue weighted by atomic mass is 16.5. The molecule has 2 aliphatic rings. The lowest BCUT2D eigenvalue weighted by Gasteiger charge is -2.20. The Morgan fingerprint density at radius 2 is 2.28 bits per heavy atom. The second-order valence-electron chi connectivity index (χ2n) is 5.36. The summed E-state index contributed by atoms with van der Waals surface area (Å²) in [7, 11) is 1.58. The molecular formula is C14H18N2O2. The molecule has 0 spiro atoms. The van der Waals surface area contributed by atoms with E-state index in [0.29, 0.717) is 11.8 Å². The summed E-state index contributed by atoms with van der Waals surface area (Å²) in [5, 5.41) is 2.96. The zero-order chi connectivity index (χ0) is 12.5. The fourth-order valence-corrected chi connectivity index (χ4v) is 3.38. The van der Waals surface area contributed by atoms with Crippen molar-refractivity contribution in [3.8, 4) is 5.88 Å². The molecule has 4 nitrogen and oxygen atoms in total. The van der Waals surface area contributed by atoms with E-state index in [1.54, 1.807) is 19.4 Å². The molecule has 1 aromatic rings. The third kappa shape index (κ3) is 2.07. The molecule has 96 valence electrons. The van der Waals surface area contributed by atoms with Crippen molar-refractivity contribution in [2.24, 2.45) is 17.8 Å². The van der Waals surface area contributed by atoms with Gasteiger partial charge in [-0.05, 0) is 37.2 Å². The van der Waals surface area contributed by atoms with Crippen LogP contribution in [0.3, 0.4) is 0 Å². The summed E-state index contributed by atoms with van der Waals surface area (Å²) in [6, 6.07) is 3.59. The van der Waals surface area contributed by atoms with Crippen LogP contribution in [0.5, 0.6) is 5.88 Å². The molecule has 3 unspecified atom stereocenters. The van der Waals surface area contributed by atoms with Crippen LogP contribution in [0.4, 0.5) is 5.69 Å². The predicted molar refractivity (Wildman–Crippen MR) is 68.4 cm³/mol. The SMILES string of the molecule is COc1ccc(NC(=O)C2CC3CCC2C3)cn1. The summed E-state index contributed by atoms with van der Waals surface area (Å²) < 4.78 is 4.99. The summed E-state index contributed by atoms with van der Waals surface area (Å²) in [5.41, 5.74) is 0.753. The molecule has 18 heavy (non-hydrogen) atoms. The number of nitrogens with one attached hydrogen (secondary N) is 1. The van der Waals surface area contributed by atoms with Gasteiger partial charge in [0.1, 0.15) is 0 Å². The van der Waals surface area contributed by atoms with Gasteiger partial charge in [0, 0.05) is 12.0 Å². The lowest BCUT2D eigenvalue weighted by molar-refractivity contribution is -0.121. The topological polar surface area (TPSA) is 51.2 Å². The van der Waals surface area contributed by atoms with Crippen LogP contribution in [0.15, 0.2) is 18.3 Å². The molecule has 0 aromatic carbocycles. The van der Waals surface area contributed by atoms with Crippen LogP contribution in [0.25, 0.3) is 0 Å². The predicted octanol–water partition coefficient (Wildman–Crippen LogP) is 2.46. The summed E-state index contributed by atoms with van der Waals surface area (Å²) >= 11 is 0. The number of nitrogens with zero attached hydrogens (tertiary/aromatic N) is 1. The first-order valence-electron chi connectivity index (χ1n) is 6.57. The zero-order valence-electron chi connectivity index (χ0n) is 10.6. The van der Waals surface area contributed by atoms with E-state index in [0.717, 1.165) is 18.0 Å². The van der Waals surface area contributed by atoms with Gasteiger partial charge in [-0.25, -0.2) is 4.98 Å². The quantitative estimate of drug-likeness (QED) is 0.891. The number of fused-ring (bicyclic) bond motifs is 2. The number of amides is 1. The monoisotopic (exact) mass is 246 g/mol. The standard InChI is InChI=1S/C14H18N2O2/c1-18-13-5-4-11(8-15-13)16-14(17)12-7-9-2-3-10(12)6-9/h4-5,8-10,12H,2-3,6-7H2,1H3,(H,16,17). The molecular weight excluding hydrogens is 228 g/mol. The summed E-state index contributed by atoms with van der Waals surface area (Å²) in [5.74, 6) is 2.34. The van der Waals surface area contributed by atoms with E-state index in [-0.39, 0.29) is 11.8 Å². The Hall–Kier alpha value is -1.58. The summed E-state index contributed by atoms with van der Waals surface area (Å²) in [6.45, 7) is 0. The van der Waals surface area contributed by atoms with Crippen LogP contribution in [0, 0.1) is 17.8 Å². The van der Waals surface area contributed by atoms with Crippen molar-refractivity contribution < 1.29 is 9.53 Å². The molecule has 4 heteroatoms. The molecule has 2 aliphatic carbocycles. The van der Waals surface area contributed by atoms with E-state index in [2.05, 4.69) is 10.3 Å². The van der Waals surface area contributed by atoms with E-state index in [1.807, 2.05) is 6.07 Å². The average molecular weight is 246 g/mol. The highest BCUT2D eigenvalue weighted by molar-refractivity contribution is 5.92. The number of aromatic nitrogens is 1. The summed E-state index contributed by atoms with van der Waals surface area (Å²) in [4.78, 5) is 16.3. The molecule has 1 N–H and O–H groups in total. The van der Waals surface area contributed by atoms with E-state index in [1.165, 1.54) is 19.3 Å². The number of methoxy groups -OCH3 is 1. The molecule has 0 aliphatic heterocycles. The van der Waals surface area contributed by atoms with Gasteiger partial charge in [0.15, 0.2) is 0 Å². The van der Waals surface area contributed by atoms with Crippen molar-refractivity contribution in [2.75, 3.05) is 12.4 Å². The van der Waals surface area contributed by atoms with Crippen molar-refractivity contribution in [1.29, 1.82) is 0 Å². The highest BCUT2D eigenvalue weighted by Gasteiger charge is 2.42. The Morgan fingerprint density at radius 1 is 1.39 bits per heavy atom. The normalized spacial score (nSPS) is 29.3. The van der Waals surface area contributed by atoms with Crippen LogP contribution < -0.4 is 10.1 Å². The number of ether oxygens (including phenoxy) is 1. The largest absolute Gasteiger partial charge is 0.481 e. The molecule has 3 rings (SSSR count). The third-order valence-electron chi connectivity index (χ3n) is 4.29. The van der Waals surface area contributed by atoms with Crippen molar-refractivity contribution in [1.82, 2.24) is 4.98 Å². The molecule has 1 heterocycles. The van der Waals surface area contributed by atoms with Crippen LogP contribution in [0.2, 0.25) is 0 Å². The second kappa shape index (κ2) is 4.59. The van der Waals surface area contributed by atoms with Crippen LogP contribution in [0.1, 0.15) is 25.7 Å². The van der Waals surface area contributed by atoms with Crippen molar-refractivity contribution in [3.05, 3.63) is 18.3 Å². The van der Waals surface area contributed by atoms with Crippen molar-refractivity contribution >= 4 is 11.6 Å². The minimum atomic E-state index is 0.161. The maximum Gasteiger partial charge on any atom is 0.227 e. The molecule has 1 aromatic heterocycles. The minimum Gasteiger partial charge on any atom is -0.481 e. The Morgan fingerprint density at radius 3 is 2.83 bits per heavy atom. The van der Waals surface area contributed by atoms with Gasteiger partial charge in [0.2, 0.25) is 11.8 Å². The third-order valence-corrected chi connectivity index (χ3v) is 4.29. The first kappa shape index (κ1) is 11.5. The van der Waals surface area contributed by atoms with E-state index in [9.17, 15) is 4.79 Å². The molecule has 2 fully saturated rings. The minimum absolute atomic E-state index is 0.161. The maximum atomic E-state index is 12.2. The van der Waals surface area contributed by atoms with Gasteiger partial charge in [0.05, 0.1) is 19.0 Å². The van der Waals surface area contributed by atoms with Crippen molar-refractivity contribution in [3.63, 3.8) is 0 Å². The number of rotatable bonds is 3. The summed E-state index contributed by atoms with van der Waals surface area (Å²) in [6.07, 6.45) is 6.51. The van der Waals surface area contributed by atoms with Crippen molar-refractivity contribution in [2.45, 2.75) is 25.7 Å². The molecule has 0 saturated heterocycles. The Kier molecular flexibility index (Phi) is 2.94. The van der Waals surface area contributed by atoms with Gasteiger partial charge in [0.25, 0.3) is 0 Å². The van der Waals surface area contributed by atoms with Gasteiger partial charge < -0.3 is 10.1 Å². The van der Waals surface area contributed by atoms with E-state index in [4.69, 9.17) is 4.74 Å². The smallest absolute Gasteiger partial charge is 0.227 e. The number of carbonyl (C=O) groups excluding carboxylic acids is 1. The van der Waals surface area contributed by atoms with E-state index >= 15 is 0 Å². The number of pyridine rings is 1. The van der Waals surface area contributed by atoms with Gasteiger partial charge in [-0.15, -0.1) is 0 Å². The van der Waals surface area contributed by atoms with Crippen LogP contribution in [-0.4, -0.2) is 18.0 Å². The molecule has 2 saturated carbocycles. The number of hydrogen-bond donors (Lipinski definition) is 1. The fourth-order valence-electron chi connectivity index (χ4n) is 3.38. The van der Waals surface area contributed by atoms with Gasteiger partial charge >= 0.3 is 0 Å². The maximum absolute atomic E-state index is 12.2. The van der Waals surface area contributed by atoms with Crippen LogP contribution >= 0.6 is 0 Å². The molecule has 3 atom stereocenters. The Bertz CT molecular complexity index is 444. The first-order valence-corrected chi connectivity index (χ1v) is 6.57. The van der Waals surface area contributed by atoms with Crippen LogP contribution in [-0.2, 0) is 4.79 Å². The average Bonchev–Trinajstić information content (AvgIpc) is 3.02. The first-order chi connectivity index (χ1) is 8.76. The number of anilines is 1. The fraction of sp³-hybridized carbons (Fsp3) is 0.571. The van der Waals surface area contributed by atoms with Gasteiger partial charge in [-0.1, -0.05) is 6.42 Å². The molecule has 0 radical (unpaired) electrons. The number of hydrogen-bond acceptors (Lipinski definition) is 3. The second-order valence-corrected chi connectivity index (χ2v) is 5.36. The van der Waals surface area contributed by atoms with Gasteiger partial charge in [-0.2, -0.15) is 0 Å². The van der Waals surface area contributed by atoms with Gasteiger partial charge in [-0.3, -0.25) is 4.79 Å². The molecule has 1 amide bonds. The van der Waals surface area contributed by atoms with E-state index < -0.39 is 0 Å². The Labute approximate surface area is 107 Å². The number of carbonyl (C=O) groups is 1. The lowest BCUT2D eigenvalue weighted by Crippen LogP contribution is -2.27.